The second kappa shape index (κ2) is 7.56. The van der Waals surface area contributed by atoms with E-state index in [1.54, 1.807) is 4.90 Å². The zero-order valence-corrected chi connectivity index (χ0v) is 16.3. The van der Waals surface area contributed by atoms with Gasteiger partial charge >= 0.3 is 6.09 Å². The van der Waals surface area contributed by atoms with Crippen LogP contribution in [0.5, 0.6) is 0 Å². The fourth-order valence-corrected chi connectivity index (χ4v) is 3.42. The normalized spacial score (nSPS) is 19.8. The zero-order valence-electron chi connectivity index (χ0n) is 16.3. The lowest BCUT2D eigenvalue weighted by Gasteiger charge is -2.39. The monoisotopic (exact) mass is 358 g/mol. The SMILES string of the molecule is Cc1ccccc1CCNC1=NCC2CN(C(=O)OC(C)(C)C)CCN12. The number of rotatable bonds is 3. The molecule has 0 aliphatic carbocycles. The number of amides is 1. The van der Waals surface area contributed by atoms with Crippen LogP contribution in [0, 0.1) is 6.92 Å². The van der Waals surface area contributed by atoms with Crippen LogP contribution in [-0.4, -0.2) is 66.2 Å². The van der Waals surface area contributed by atoms with Crippen LogP contribution in [0.3, 0.4) is 0 Å². The van der Waals surface area contributed by atoms with Crippen molar-refractivity contribution in [3.63, 3.8) is 0 Å². The van der Waals surface area contributed by atoms with Crippen molar-refractivity contribution in [2.24, 2.45) is 4.99 Å². The Morgan fingerprint density at radius 2 is 2.08 bits per heavy atom. The number of aliphatic imine (C=N–C) groups is 1. The van der Waals surface area contributed by atoms with Gasteiger partial charge in [0.25, 0.3) is 0 Å². The van der Waals surface area contributed by atoms with Crippen LogP contribution in [0.25, 0.3) is 0 Å². The van der Waals surface area contributed by atoms with Gasteiger partial charge in [-0.25, -0.2) is 4.79 Å². The minimum Gasteiger partial charge on any atom is -0.444 e. The van der Waals surface area contributed by atoms with Gasteiger partial charge in [-0.15, -0.1) is 0 Å². The van der Waals surface area contributed by atoms with E-state index in [0.29, 0.717) is 13.1 Å². The van der Waals surface area contributed by atoms with Crippen LogP contribution in [0.1, 0.15) is 31.9 Å². The van der Waals surface area contributed by atoms with Gasteiger partial charge in [-0.1, -0.05) is 24.3 Å². The average molecular weight is 358 g/mol. The largest absolute Gasteiger partial charge is 0.444 e. The van der Waals surface area contributed by atoms with Crippen LogP contribution in [0.15, 0.2) is 29.3 Å². The van der Waals surface area contributed by atoms with Gasteiger partial charge in [0.1, 0.15) is 5.60 Å². The van der Waals surface area contributed by atoms with Crippen molar-refractivity contribution < 1.29 is 9.53 Å². The smallest absolute Gasteiger partial charge is 0.410 e. The van der Waals surface area contributed by atoms with Crippen molar-refractivity contribution in [2.45, 2.75) is 45.8 Å². The van der Waals surface area contributed by atoms with E-state index < -0.39 is 5.60 Å². The van der Waals surface area contributed by atoms with Gasteiger partial charge < -0.3 is 19.9 Å². The molecule has 2 aliphatic rings. The molecule has 1 atom stereocenters. The molecule has 1 N–H and O–H groups in total. The first-order chi connectivity index (χ1) is 12.3. The van der Waals surface area contributed by atoms with Crippen LogP contribution in [0.2, 0.25) is 0 Å². The number of nitrogens with zero attached hydrogens (tertiary/aromatic N) is 3. The Labute approximate surface area is 156 Å². The number of aryl methyl sites for hydroxylation is 1. The van der Waals surface area contributed by atoms with E-state index >= 15 is 0 Å². The molecule has 1 fully saturated rings. The highest BCUT2D eigenvalue weighted by molar-refractivity contribution is 5.82. The molecule has 26 heavy (non-hydrogen) atoms. The Bertz CT molecular complexity index is 681. The highest BCUT2D eigenvalue weighted by atomic mass is 16.6. The summed E-state index contributed by atoms with van der Waals surface area (Å²) in [5, 5.41) is 3.48. The Morgan fingerprint density at radius 1 is 1.31 bits per heavy atom. The number of carbonyl (C=O) groups excluding carboxylic acids is 1. The number of piperazine rings is 1. The summed E-state index contributed by atoms with van der Waals surface area (Å²) in [6.07, 6.45) is 0.756. The van der Waals surface area contributed by atoms with Gasteiger partial charge in [-0.2, -0.15) is 0 Å². The first kappa shape index (κ1) is 18.5. The molecule has 1 aromatic carbocycles. The molecule has 142 valence electrons. The second-order valence-electron chi connectivity index (χ2n) is 8.04. The minimum absolute atomic E-state index is 0.224. The van der Waals surface area contributed by atoms with Crippen molar-refractivity contribution in [1.82, 2.24) is 15.1 Å². The van der Waals surface area contributed by atoms with Crippen molar-refractivity contribution in [3.8, 4) is 0 Å². The first-order valence-corrected chi connectivity index (χ1v) is 9.41. The van der Waals surface area contributed by atoms with Crippen molar-refractivity contribution in [2.75, 3.05) is 32.7 Å². The summed E-state index contributed by atoms with van der Waals surface area (Å²) in [7, 11) is 0. The summed E-state index contributed by atoms with van der Waals surface area (Å²) < 4.78 is 5.49. The Hall–Kier alpha value is -2.24. The van der Waals surface area contributed by atoms with Crippen molar-refractivity contribution in [1.29, 1.82) is 0 Å². The zero-order chi connectivity index (χ0) is 18.7. The topological polar surface area (TPSA) is 57.2 Å². The summed E-state index contributed by atoms with van der Waals surface area (Å²) in [4.78, 5) is 21.0. The Kier molecular flexibility index (Phi) is 5.39. The summed E-state index contributed by atoms with van der Waals surface area (Å²) in [6.45, 7) is 11.6. The third kappa shape index (κ3) is 4.48. The van der Waals surface area contributed by atoms with E-state index in [2.05, 4.69) is 46.4 Å². The fourth-order valence-electron chi connectivity index (χ4n) is 3.42. The fraction of sp³-hybridized carbons (Fsp3) is 0.600. The van der Waals surface area contributed by atoms with Crippen LogP contribution in [0.4, 0.5) is 4.79 Å². The van der Waals surface area contributed by atoms with Crippen LogP contribution in [-0.2, 0) is 11.2 Å². The molecule has 0 radical (unpaired) electrons. The summed E-state index contributed by atoms with van der Waals surface area (Å²) in [6, 6.07) is 8.73. The van der Waals surface area contributed by atoms with E-state index in [4.69, 9.17) is 4.74 Å². The molecule has 0 spiro atoms. The van der Waals surface area contributed by atoms with Crippen LogP contribution < -0.4 is 5.32 Å². The van der Waals surface area contributed by atoms with Gasteiger partial charge in [0.15, 0.2) is 5.96 Å². The highest BCUT2D eigenvalue weighted by Gasteiger charge is 2.36. The van der Waals surface area contributed by atoms with E-state index in [-0.39, 0.29) is 12.1 Å². The van der Waals surface area contributed by atoms with E-state index in [1.807, 2.05) is 20.8 Å². The molecule has 3 rings (SSSR count). The maximum Gasteiger partial charge on any atom is 0.410 e. The molecule has 2 heterocycles. The Balaban J connectivity index is 1.48. The number of hydrogen-bond donors (Lipinski definition) is 1. The van der Waals surface area contributed by atoms with Crippen molar-refractivity contribution in [3.05, 3.63) is 35.4 Å². The molecule has 1 unspecified atom stereocenters. The highest BCUT2D eigenvalue weighted by Crippen LogP contribution is 2.18. The molecule has 0 aromatic heterocycles. The predicted molar refractivity (Wildman–Crippen MR) is 103 cm³/mol. The standard InChI is InChI=1S/C20H30N4O2/c1-15-7-5-6-8-16(15)9-10-21-18-22-13-17-14-23(11-12-24(17)18)19(25)26-20(2,3)4/h5-8,17H,9-14H2,1-4H3,(H,21,22). The molecular formula is C20H30N4O2. The number of ether oxygens (including phenoxy) is 1. The van der Waals surface area contributed by atoms with E-state index in [9.17, 15) is 4.79 Å². The van der Waals surface area contributed by atoms with Gasteiger partial charge in [0, 0.05) is 26.2 Å². The number of guanidine groups is 1. The third-order valence-corrected chi connectivity index (χ3v) is 4.80. The molecule has 6 heteroatoms. The van der Waals surface area contributed by atoms with Crippen LogP contribution >= 0.6 is 0 Å². The summed E-state index contributed by atoms with van der Waals surface area (Å²) >= 11 is 0. The van der Waals surface area contributed by atoms with Gasteiger partial charge in [-0.3, -0.25) is 4.99 Å². The lowest BCUT2D eigenvalue weighted by atomic mass is 10.1. The van der Waals surface area contributed by atoms with Gasteiger partial charge in [0.05, 0.1) is 12.6 Å². The molecular weight excluding hydrogens is 328 g/mol. The summed E-state index contributed by atoms with van der Waals surface area (Å²) in [5.74, 6) is 0.965. The maximum atomic E-state index is 12.3. The van der Waals surface area contributed by atoms with E-state index in [0.717, 1.165) is 32.0 Å². The number of benzene rings is 1. The predicted octanol–water partition coefficient (Wildman–Crippen LogP) is 2.42. The van der Waals surface area contributed by atoms with Crippen molar-refractivity contribution >= 4 is 12.1 Å². The number of hydrogen-bond acceptors (Lipinski definition) is 5. The minimum atomic E-state index is -0.456. The molecule has 1 aromatic rings. The number of carbonyl (C=O) groups is 1. The van der Waals surface area contributed by atoms with Gasteiger partial charge in [0.2, 0.25) is 0 Å². The third-order valence-electron chi connectivity index (χ3n) is 4.80. The molecule has 0 bridgehead atoms. The quantitative estimate of drug-likeness (QED) is 0.902. The Morgan fingerprint density at radius 3 is 2.81 bits per heavy atom. The lowest BCUT2D eigenvalue weighted by Crippen LogP contribution is -2.57. The average Bonchev–Trinajstić information content (AvgIpc) is 2.97. The lowest BCUT2D eigenvalue weighted by molar-refractivity contribution is 0.0137. The first-order valence-electron chi connectivity index (χ1n) is 9.41. The molecule has 1 saturated heterocycles. The van der Waals surface area contributed by atoms with E-state index in [1.165, 1.54) is 11.1 Å². The number of nitrogens with one attached hydrogen (secondary N) is 1. The second-order valence-corrected chi connectivity index (χ2v) is 8.04. The summed E-state index contributed by atoms with van der Waals surface area (Å²) in [5.41, 5.74) is 2.24. The molecule has 6 nitrogen and oxygen atoms in total. The maximum absolute atomic E-state index is 12.3. The molecule has 2 aliphatic heterocycles. The molecule has 0 saturated carbocycles. The molecule has 1 amide bonds. The van der Waals surface area contributed by atoms with Gasteiger partial charge in [-0.05, 0) is 45.2 Å². The number of fused-ring (bicyclic) bond motifs is 1.